The highest BCUT2D eigenvalue weighted by molar-refractivity contribution is 5.17. The van der Waals surface area contributed by atoms with Crippen molar-refractivity contribution < 1.29 is 9.34 Å². The first-order chi connectivity index (χ1) is 9.54. The van der Waals surface area contributed by atoms with Crippen LogP contribution in [-0.2, 0) is 6.54 Å². The molecule has 1 aliphatic rings. The van der Waals surface area contributed by atoms with E-state index < -0.39 is 4.92 Å². The van der Waals surface area contributed by atoms with Crippen molar-refractivity contribution in [2.24, 2.45) is 5.92 Å². The van der Waals surface area contributed by atoms with Gasteiger partial charge in [0.05, 0.1) is 12.6 Å². The van der Waals surface area contributed by atoms with Gasteiger partial charge >= 0.3 is 5.88 Å². The van der Waals surface area contributed by atoms with Gasteiger partial charge in [-0.2, -0.15) is 0 Å². The van der Waals surface area contributed by atoms with Crippen LogP contribution in [0.25, 0.3) is 0 Å². The highest BCUT2D eigenvalue weighted by Gasteiger charge is 2.20. The standard InChI is InChI=1S/C14H23N3O3/c1-11(2)8-16(9-12-4-3-7-15-12)10-13-5-6-14(20-13)17(18)19/h5-6,11-12,15H,3-4,7-10H2,1-2H3. The highest BCUT2D eigenvalue weighted by atomic mass is 16.6. The topological polar surface area (TPSA) is 71.5 Å². The number of nitro groups is 1. The summed E-state index contributed by atoms with van der Waals surface area (Å²) in [5.74, 6) is 1.04. The predicted octanol–water partition coefficient (Wildman–Crippen LogP) is 2.40. The molecule has 1 saturated heterocycles. The molecule has 6 heteroatoms. The van der Waals surface area contributed by atoms with Crippen LogP contribution in [-0.4, -0.2) is 35.5 Å². The minimum Gasteiger partial charge on any atom is -0.404 e. The molecular weight excluding hydrogens is 258 g/mol. The normalized spacial score (nSPS) is 19.1. The van der Waals surface area contributed by atoms with Crippen LogP contribution in [0.2, 0.25) is 0 Å². The summed E-state index contributed by atoms with van der Waals surface area (Å²) >= 11 is 0. The Labute approximate surface area is 119 Å². The predicted molar refractivity (Wildman–Crippen MR) is 76.5 cm³/mol. The molecular formula is C14H23N3O3. The fourth-order valence-corrected chi connectivity index (χ4v) is 2.71. The number of hydrogen-bond donors (Lipinski definition) is 1. The molecule has 2 rings (SSSR count). The molecule has 2 heterocycles. The van der Waals surface area contributed by atoms with E-state index in [1.54, 1.807) is 6.07 Å². The number of nitrogens with one attached hydrogen (secondary N) is 1. The molecule has 1 unspecified atom stereocenters. The van der Waals surface area contributed by atoms with Crippen molar-refractivity contribution >= 4 is 5.88 Å². The van der Waals surface area contributed by atoms with E-state index in [1.165, 1.54) is 18.9 Å². The minimum atomic E-state index is -0.491. The van der Waals surface area contributed by atoms with E-state index in [9.17, 15) is 10.1 Å². The molecule has 1 aliphatic heterocycles. The Morgan fingerprint density at radius 3 is 2.90 bits per heavy atom. The van der Waals surface area contributed by atoms with E-state index in [0.29, 0.717) is 24.3 Å². The second-order valence-electron chi connectivity index (χ2n) is 5.88. The van der Waals surface area contributed by atoms with Crippen LogP contribution in [0, 0.1) is 16.0 Å². The molecule has 112 valence electrons. The summed E-state index contributed by atoms with van der Waals surface area (Å²) in [6, 6.07) is 3.66. The molecule has 1 atom stereocenters. The van der Waals surface area contributed by atoms with Crippen LogP contribution < -0.4 is 5.32 Å². The SMILES string of the molecule is CC(C)CN(Cc1ccc([N+](=O)[O-])o1)CC1CCCN1. The van der Waals surface area contributed by atoms with Crippen LogP contribution in [0.15, 0.2) is 16.5 Å². The number of nitrogens with zero attached hydrogens (tertiary/aromatic N) is 2. The molecule has 0 amide bonds. The smallest absolute Gasteiger partial charge is 0.404 e. The van der Waals surface area contributed by atoms with E-state index in [4.69, 9.17) is 4.42 Å². The first-order valence-corrected chi connectivity index (χ1v) is 7.23. The Balaban J connectivity index is 1.96. The van der Waals surface area contributed by atoms with Crippen LogP contribution in [0.3, 0.4) is 0 Å². The quantitative estimate of drug-likeness (QED) is 0.614. The van der Waals surface area contributed by atoms with Crippen LogP contribution in [0.4, 0.5) is 5.88 Å². The zero-order valence-corrected chi connectivity index (χ0v) is 12.2. The van der Waals surface area contributed by atoms with Crippen molar-refractivity contribution in [1.29, 1.82) is 0 Å². The van der Waals surface area contributed by atoms with E-state index in [0.717, 1.165) is 19.6 Å². The third-order valence-electron chi connectivity index (χ3n) is 3.47. The van der Waals surface area contributed by atoms with Gasteiger partial charge in [0.15, 0.2) is 0 Å². The van der Waals surface area contributed by atoms with Crippen molar-refractivity contribution in [3.8, 4) is 0 Å². The molecule has 1 aromatic rings. The Kier molecular flexibility index (Phi) is 5.14. The Morgan fingerprint density at radius 2 is 2.35 bits per heavy atom. The lowest BCUT2D eigenvalue weighted by molar-refractivity contribution is -0.402. The van der Waals surface area contributed by atoms with Gasteiger partial charge in [0.1, 0.15) is 10.7 Å². The molecule has 20 heavy (non-hydrogen) atoms. The maximum absolute atomic E-state index is 10.6. The van der Waals surface area contributed by atoms with E-state index in [1.807, 2.05) is 0 Å². The third kappa shape index (κ3) is 4.31. The first-order valence-electron chi connectivity index (χ1n) is 7.23. The summed E-state index contributed by atoms with van der Waals surface area (Å²) in [6.07, 6.45) is 2.43. The Morgan fingerprint density at radius 1 is 1.55 bits per heavy atom. The monoisotopic (exact) mass is 281 g/mol. The van der Waals surface area contributed by atoms with Crippen LogP contribution in [0.1, 0.15) is 32.4 Å². The van der Waals surface area contributed by atoms with E-state index >= 15 is 0 Å². The van der Waals surface area contributed by atoms with Gasteiger partial charge in [-0.05, 0) is 31.4 Å². The minimum absolute atomic E-state index is 0.177. The maximum atomic E-state index is 10.6. The zero-order chi connectivity index (χ0) is 14.5. The zero-order valence-electron chi connectivity index (χ0n) is 12.2. The molecule has 0 radical (unpaired) electrons. The van der Waals surface area contributed by atoms with Gasteiger partial charge in [0.25, 0.3) is 0 Å². The molecule has 1 N–H and O–H groups in total. The van der Waals surface area contributed by atoms with E-state index in [2.05, 4.69) is 24.1 Å². The second kappa shape index (κ2) is 6.85. The third-order valence-corrected chi connectivity index (χ3v) is 3.47. The van der Waals surface area contributed by atoms with Gasteiger partial charge in [0, 0.05) is 19.1 Å². The van der Waals surface area contributed by atoms with Crippen molar-refractivity contribution in [1.82, 2.24) is 10.2 Å². The first kappa shape index (κ1) is 15.0. The highest BCUT2D eigenvalue weighted by Crippen LogP contribution is 2.18. The Hall–Kier alpha value is -1.40. The van der Waals surface area contributed by atoms with Gasteiger partial charge in [0.2, 0.25) is 0 Å². The summed E-state index contributed by atoms with van der Waals surface area (Å²) < 4.78 is 5.26. The van der Waals surface area contributed by atoms with Gasteiger partial charge in [-0.15, -0.1) is 0 Å². The molecule has 0 spiro atoms. The molecule has 1 fully saturated rings. The molecule has 0 aliphatic carbocycles. The van der Waals surface area contributed by atoms with Gasteiger partial charge in [-0.25, -0.2) is 0 Å². The van der Waals surface area contributed by atoms with Crippen molar-refractivity contribution in [2.45, 2.75) is 39.3 Å². The summed E-state index contributed by atoms with van der Waals surface area (Å²) in [4.78, 5) is 12.5. The van der Waals surface area contributed by atoms with Crippen LogP contribution in [0.5, 0.6) is 0 Å². The van der Waals surface area contributed by atoms with Gasteiger partial charge in [-0.1, -0.05) is 13.8 Å². The van der Waals surface area contributed by atoms with Crippen molar-refractivity contribution in [3.05, 3.63) is 28.0 Å². The van der Waals surface area contributed by atoms with Gasteiger partial charge < -0.3 is 9.73 Å². The fourth-order valence-electron chi connectivity index (χ4n) is 2.71. The summed E-state index contributed by atoms with van der Waals surface area (Å²) in [7, 11) is 0. The molecule has 0 bridgehead atoms. The lowest BCUT2D eigenvalue weighted by Crippen LogP contribution is -2.38. The number of furan rings is 1. The average molecular weight is 281 g/mol. The largest absolute Gasteiger partial charge is 0.433 e. The molecule has 0 saturated carbocycles. The lowest BCUT2D eigenvalue weighted by atomic mass is 10.1. The second-order valence-corrected chi connectivity index (χ2v) is 5.88. The summed E-state index contributed by atoms with van der Waals surface area (Å²) in [5, 5.41) is 14.1. The molecule has 1 aromatic heterocycles. The van der Waals surface area contributed by atoms with Crippen LogP contribution >= 0.6 is 0 Å². The molecule has 6 nitrogen and oxygen atoms in total. The van der Waals surface area contributed by atoms with Crippen molar-refractivity contribution in [3.63, 3.8) is 0 Å². The Bertz CT molecular complexity index is 439. The summed E-state index contributed by atoms with van der Waals surface area (Å²) in [6.45, 7) is 8.01. The average Bonchev–Trinajstić information content (AvgIpc) is 2.99. The lowest BCUT2D eigenvalue weighted by Gasteiger charge is -2.26. The number of rotatable bonds is 7. The molecule has 0 aromatic carbocycles. The van der Waals surface area contributed by atoms with Gasteiger partial charge in [-0.3, -0.25) is 15.0 Å². The van der Waals surface area contributed by atoms with E-state index in [-0.39, 0.29) is 5.88 Å². The maximum Gasteiger partial charge on any atom is 0.433 e. The number of hydrogen-bond acceptors (Lipinski definition) is 5. The van der Waals surface area contributed by atoms with Crippen molar-refractivity contribution in [2.75, 3.05) is 19.6 Å². The summed E-state index contributed by atoms with van der Waals surface area (Å²) in [5.41, 5.74) is 0. The fraction of sp³-hybridized carbons (Fsp3) is 0.714.